The number of H-pyrrole nitrogens is 1. The Morgan fingerprint density at radius 2 is 2.06 bits per heavy atom. The van der Waals surface area contributed by atoms with Crippen molar-refractivity contribution >= 4 is 33.8 Å². The number of aromatic nitrogens is 4. The highest BCUT2D eigenvalue weighted by Crippen LogP contribution is 2.14. The molecule has 0 aliphatic carbocycles. The third-order valence-corrected chi connectivity index (χ3v) is 3.33. The lowest BCUT2D eigenvalue weighted by atomic mass is 10.2. The first-order chi connectivity index (χ1) is 7.91. The van der Waals surface area contributed by atoms with E-state index in [4.69, 9.17) is 0 Å². The molecule has 0 saturated carbocycles. The summed E-state index contributed by atoms with van der Waals surface area (Å²) >= 11 is 2.08. The van der Waals surface area contributed by atoms with Crippen LogP contribution in [0.1, 0.15) is 13.8 Å². The summed E-state index contributed by atoms with van der Waals surface area (Å²) < 4.78 is 3.92. The van der Waals surface area contributed by atoms with E-state index < -0.39 is 5.69 Å². The van der Waals surface area contributed by atoms with E-state index in [0.717, 1.165) is 3.83 Å². The van der Waals surface area contributed by atoms with Crippen molar-refractivity contribution in [3.05, 3.63) is 24.7 Å². The standard InChI is InChI=1S/C10H13IN4O2/c1-5(2)4-15-6-7(12-9(15)11)14(3)10(17)13-8(6)16/h5H,4H2,1-3H3,(H,13,16,17). The molecular weight excluding hydrogens is 335 g/mol. The second-order valence-corrected chi connectivity index (χ2v) is 5.34. The van der Waals surface area contributed by atoms with E-state index in [2.05, 4.69) is 46.4 Å². The summed E-state index contributed by atoms with van der Waals surface area (Å²) in [4.78, 5) is 29.9. The molecule has 7 heteroatoms. The molecule has 0 aliphatic heterocycles. The highest BCUT2D eigenvalue weighted by molar-refractivity contribution is 14.1. The second kappa shape index (κ2) is 4.28. The molecule has 1 N–H and O–H groups in total. The number of aromatic amines is 1. The Labute approximate surface area is 111 Å². The van der Waals surface area contributed by atoms with Gasteiger partial charge in [-0.3, -0.25) is 14.3 Å². The van der Waals surface area contributed by atoms with Crippen LogP contribution >= 0.6 is 22.6 Å². The van der Waals surface area contributed by atoms with Crippen molar-refractivity contribution in [2.24, 2.45) is 13.0 Å². The Kier molecular flexibility index (Phi) is 3.11. The molecule has 0 aromatic carbocycles. The number of imidazole rings is 1. The summed E-state index contributed by atoms with van der Waals surface area (Å²) in [7, 11) is 1.60. The van der Waals surface area contributed by atoms with Crippen LogP contribution in [0.15, 0.2) is 9.59 Å². The van der Waals surface area contributed by atoms with Gasteiger partial charge in [0.25, 0.3) is 5.56 Å². The number of hydrogen-bond acceptors (Lipinski definition) is 3. The highest BCUT2D eigenvalue weighted by Gasteiger charge is 2.15. The minimum absolute atomic E-state index is 0.376. The number of halogens is 1. The quantitative estimate of drug-likeness (QED) is 0.641. The van der Waals surface area contributed by atoms with Gasteiger partial charge in [-0.25, -0.2) is 9.78 Å². The zero-order valence-electron chi connectivity index (χ0n) is 9.82. The van der Waals surface area contributed by atoms with E-state index in [1.165, 1.54) is 4.57 Å². The van der Waals surface area contributed by atoms with Crippen LogP contribution in [0.25, 0.3) is 11.2 Å². The van der Waals surface area contributed by atoms with Gasteiger partial charge >= 0.3 is 5.69 Å². The van der Waals surface area contributed by atoms with Gasteiger partial charge in [-0.1, -0.05) is 13.8 Å². The molecule has 0 amide bonds. The fourth-order valence-electron chi connectivity index (χ4n) is 1.74. The van der Waals surface area contributed by atoms with Crippen LogP contribution in [-0.2, 0) is 13.6 Å². The number of aryl methyl sites for hydroxylation is 1. The Bertz CT molecular complexity index is 680. The molecule has 0 bridgehead atoms. The smallest absolute Gasteiger partial charge is 0.313 e. The lowest BCUT2D eigenvalue weighted by Crippen LogP contribution is -2.29. The van der Waals surface area contributed by atoms with Crippen molar-refractivity contribution in [1.29, 1.82) is 0 Å². The van der Waals surface area contributed by atoms with Crippen LogP contribution in [0.3, 0.4) is 0 Å². The van der Waals surface area contributed by atoms with Gasteiger partial charge < -0.3 is 4.57 Å². The van der Waals surface area contributed by atoms with Crippen molar-refractivity contribution in [1.82, 2.24) is 19.1 Å². The zero-order valence-corrected chi connectivity index (χ0v) is 12.0. The van der Waals surface area contributed by atoms with Crippen LogP contribution < -0.4 is 11.2 Å². The monoisotopic (exact) mass is 348 g/mol. The molecule has 0 aliphatic rings. The summed E-state index contributed by atoms with van der Waals surface area (Å²) in [6.07, 6.45) is 0. The van der Waals surface area contributed by atoms with Gasteiger partial charge in [0.2, 0.25) is 0 Å². The van der Waals surface area contributed by atoms with Gasteiger partial charge in [0.05, 0.1) is 0 Å². The molecule has 17 heavy (non-hydrogen) atoms. The molecule has 2 aromatic heterocycles. The minimum atomic E-state index is -0.437. The summed E-state index contributed by atoms with van der Waals surface area (Å²) in [5, 5.41) is 0. The maximum absolute atomic E-state index is 11.8. The molecule has 0 saturated heterocycles. The van der Waals surface area contributed by atoms with Crippen LogP contribution in [0.5, 0.6) is 0 Å². The topological polar surface area (TPSA) is 72.7 Å². The van der Waals surface area contributed by atoms with E-state index in [0.29, 0.717) is 23.6 Å². The van der Waals surface area contributed by atoms with Crippen molar-refractivity contribution in [2.45, 2.75) is 20.4 Å². The molecule has 2 heterocycles. The zero-order chi connectivity index (χ0) is 12.7. The average molecular weight is 348 g/mol. The first-order valence-corrected chi connectivity index (χ1v) is 6.34. The summed E-state index contributed by atoms with van der Waals surface area (Å²) in [5.74, 6) is 0.401. The van der Waals surface area contributed by atoms with Crippen molar-refractivity contribution in [3.63, 3.8) is 0 Å². The van der Waals surface area contributed by atoms with Gasteiger partial charge in [-0.15, -0.1) is 0 Å². The molecular formula is C10H13IN4O2. The minimum Gasteiger partial charge on any atom is -0.313 e. The van der Waals surface area contributed by atoms with Crippen molar-refractivity contribution < 1.29 is 0 Å². The maximum Gasteiger partial charge on any atom is 0.329 e. The normalized spacial score (nSPS) is 11.6. The van der Waals surface area contributed by atoms with Gasteiger partial charge in [-0.2, -0.15) is 0 Å². The number of nitrogens with one attached hydrogen (secondary N) is 1. The summed E-state index contributed by atoms with van der Waals surface area (Å²) in [5.41, 5.74) is 0.0845. The van der Waals surface area contributed by atoms with E-state index in [1.807, 2.05) is 4.57 Å². The molecule has 0 fully saturated rings. The molecule has 2 aromatic rings. The Balaban J connectivity index is 2.87. The molecule has 6 nitrogen and oxygen atoms in total. The van der Waals surface area contributed by atoms with Gasteiger partial charge in [0.15, 0.2) is 15.0 Å². The van der Waals surface area contributed by atoms with E-state index in [1.54, 1.807) is 7.05 Å². The van der Waals surface area contributed by atoms with E-state index >= 15 is 0 Å². The van der Waals surface area contributed by atoms with E-state index in [9.17, 15) is 9.59 Å². The molecule has 0 radical (unpaired) electrons. The maximum atomic E-state index is 11.8. The average Bonchev–Trinajstić information content (AvgIpc) is 2.53. The van der Waals surface area contributed by atoms with Crippen LogP contribution in [0.2, 0.25) is 0 Å². The summed E-state index contributed by atoms with van der Waals surface area (Å²) in [6, 6.07) is 0. The summed E-state index contributed by atoms with van der Waals surface area (Å²) in [6.45, 7) is 4.84. The lowest BCUT2D eigenvalue weighted by Gasteiger charge is -2.08. The Hall–Kier alpha value is -1.12. The fraction of sp³-hybridized carbons (Fsp3) is 0.500. The van der Waals surface area contributed by atoms with Gasteiger partial charge in [0, 0.05) is 36.2 Å². The van der Waals surface area contributed by atoms with Crippen LogP contribution in [-0.4, -0.2) is 19.1 Å². The number of nitrogens with zero attached hydrogens (tertiary/aromatic N) is 3. The first-order valence-electron chi connectivity index (χ1n) is 5.27. The van der Waals surface area contributed by atoms with Gasteiger partial charge in [-0.05, 0) is 5.92 Å². The molecule has 0 spiro atoms. The Morgan fingerprint density at radius 1 is 1.41 bits per heavy atom. The predicted octanol–water partition coefficient (Wildman–Crippen LogP) is 0.684. The molecule has 0 unspecified atom stereocenters. The third-order valence-electron chi connectivity index (χ3n) is 2.51. The second-order valence-electron chi connectivity index (χ2n) is 4.38. The SMILES string of the molecule is CC(C)Cn1c(I)nc2c1c(=O)[nH]c(=O)n2C. The van der Waals surface area contributed by atoms with Crippen LogP contribution in [0, 0.1) is 9.75 Å². The van der Waals surface area contributed by atoms with Crippen molar-refractivity contribution in [3.8, 4) is 0 Å². The number of rotatable bonds is 2. The highest BCUT2D eigenvalue weighted by atomic mass is 127. The number of hydrogen-bond donors (Lipinski definition) is 1. The van der Waals surface area contributed by atoms with E-state index in [-0.39, 0.29) is 5.56 Å². The number of fused-ring (bicyclic) bond motifs is 1. The lowest BCUT2D eigenvalue weighted by molar-refractivity contribution is 0.524. The predicted molar refractivity (Wildman–Crippen MR) is 73.1 cm³/mol. The molecule has 0 atom stereocenters. The third kappa shape index (κ3) is 2.03. The fourth-order valence-corrected chi connectivity index (χ4v) is 2.41. The Morgan fingerprint density at radius 3 is 2.65 bits per heavy atom. The molecule has 92 valence electrons. The first kappa shape index (κ1) is 12.3. The van der Waals surface area contributed by atoms with Crippen molar-refractivity contribution in [2.75, 3.05) is 0 Å². The largest absolute Gasteiger partial charge is 0.329 e. The van der Waals surface area contributed by atoms with Crippen LogP contribution in [0.4, 0.5) is 0 Å². The molecule has 2 rings (SSSR count). The van der Waals surface area contributed by atoms with Gasteiger partial charge in [0.1, 0.15) is 0 Å².